The summed E-state index contributed by atoms with van der Waals surface area (Å²) in [6.45, 7) is 6.25. The van der Waals surface area contributed by atoms with Crippen LogP contribution in [-0.4, -0.2) is 36.1 Å². The quantitative estimate of drug-likeness (QED) is 0.739. The summed E-state index contributed by atoms with van der Waals surface area (Å²) in [6, 6.07) is 0.818. The number of rotatable bonds is 2. The molecule has 0 aromatic rings. The molecule has 2 heteroatoms. The number of allylic oxidation sites excluding steroid dienone is 1. The second kappa shape index (κ2) is 4.74. The van der Waals surface area contributed by atoms with Crippen molar-refractivity contribution in [2.75, 3.05) is 19.6 Å². The van der Waals surface area contributed by atoms with Gasteiger partial charge in [0.25, 0.3) is 0 Å². The monoisotopic (exact) mass is 234 g/mol. The minimum Gasteiger partial charge on any atom is -0.310 e. The lowest BCUT2D eigenvalue weighted by Gasteiger charge is -2.38. The lowest BCUT2D eigenvalue weighted by Crippen LogP contribution is -2.53. The molecule has 0 amide bonds. The van der Waals surface area contributed by atoms with Crippen molar-refractivity contribution < 1.29 is 0 Å². The first kappa shape index (κ1) is 11.7. The van der Waals surface area contributed by atoms with E-state index in [2.05, 4.69) is 29.3 Å². The van der Waals surface area contributed by atoms with Crippen molar-refractivity contribution in [3.05, 3.63) is 12.2 Å². The van der Waals surface area contributed by atoms with Crippen LogP contribution >= 0.6 is 0 Å². The molecule has 2 atom stereocenters. The molecule has 1 saturated carbocycles. The highest BCUT2D eigenvalue weighted by Crippen LogP contribution is 2.41. The molecule has 1 saturated heterocycles. The van der Waals surface area contributed by atoms with Crippen LogP contribution in [0.4, 0.5) is 0 Å². The molecule has 2 fully saturated rings. The Hall–Kier alpha value is -0.340. The van der Waals surface area contributed by atoms with Gasteiger partial charge in [0, 0.05) is 18.1 Å². The highest BCUT2D eigenvalue weighted by molar-refractivity contribution is 5.03. The highest BCUT2D eigenvalue weighted by atomic mass is 15.2. The average molecular weight is 234 g/mol. The van der Waals surface area contributed by atoms with E-state index in [9.17, 15) is 0 Å². The predicted molar refractivity (Wildman–Crippen MR) is 72.1 cm³/mol. The fraction of sp³-hybridized carbons (Fsp3) is 0.867. The number of hydrogen-bond donors (Lipinski definition) is 1. The molecule has 1 heterocycles. The van der Waals surface area contributed by atoms with Crippen LogP contribution in [0.15, 0.2) is 12.2 Å². The molecule has 1 aliphatic heterocycles. The van der Waals surface area contributed by atoms with Crippen LogP contribution in [-0.2, 0) is 0 Å². The highest BCUT2D eigenvalue weighted by Gasteiger charge is 2.43. The average Bonchev–Trinajstić information content (AvgIpc) is 3.17. The first-order valence-corrected chi connectivity index (χ1v) is 7.42. The van der Waals surface area contributed by atoms with Crippen LogP contribution in [0.5, 0.6) is 0 Å². The van der Waals surface area contributed by atoms with Gasteiger partial charge in [-0.15, -0.1) is 0 Å². The maximum absolute atomic E-state index is 3.83. The zero-order chi connectivity index (χ0) is 11.7. The molecule has 0 aromatic carbocycles. The number of hydrogen-bond acceptors (Lipinski definition) is 2. The SMILES string of the molecule is CC1(C2CC2)CN(C2CC=CCC2)CCCN1. The van der Waals surface area contributed by atoms with E-state index in [1.165, 1.54) is 58.2 Å². The van der Waals surface area contributed by atoms with Crippen molar-refractivity contribution in [1.29, 1.82) is 0 Å². The first-order chi connectivity index (χ1) is 8.28. The second-order valence-corrected chi connectivity index (χ2v) is 6.38. The Bertz CT molecular complexity index is 295. The van der Waals surface area contributed by atoms with Crippen LogP contribution in [0, 0.1) is 5.92 Å². The first-order valence-electron chi connectivity index (χ1n) is 7.42. The number of nitrogens with one attached hydrogen (secondary N) is 1. The van der Waals surface area contributed by atoms with E-state index in [4.69, 9.17) is 0 Å². The standard InChI is InChI=1S/C15H26N2/c1-15(13-8-9-13)12-17(11-5-10-16-15)14-6-3-2-4-7-14/h2-3,13-14,16H,4-12H2,1H3. The van der Waals surface area contributed by atoms with Crippen molar-refractivity contribution in [3.63, 3.8) is 0 Å². The van der Waals surface area contributed by atoms with E-state index in [1.54, 1.807) is 0 Å². The van der Waals surface area contributed by atoms with Crippen LogP contribution < -0.4 is 5.32 Å². The third-order valence-electron chi connectivity index (χ3n) is 4.92. The zero-order valence-corrected chi connectivity index (χ0v) is 11.1. The molecule has 0 aromatic heterocycles. The van der Waals surface area contributed by atoms with Crippen molar-refractivity contribution in [2.24, 2.45) is 5.92 Å². The van der Waals surface area contributed by atoms with Crippen LogP contribution in [0.1, 0.15) is 45.4 Å². The molecule has 3 rings (SSSR count). The summed E-state index contributed by atoms with van der Waals surface area (Å²) in [5.74, 6) is 0.947. The van der Waals surface area contributed by atoms with E-state index in [-0.39, 0.29) is 0 Å². The van der Waals surface area contributed by atoms with Crippen molar-refractivity contribution in [3.8, 4) is 0 Å². The van der Waals surface area contributed by atoms with Gasteiger partial charge < -0.3 is 5.32 Å². The molecule has 17 heavy (non-hydrogen) atoms. The van der Waals surface area contributed by atoms with E-state index in [0.717, 1.165) is 12.0 Å². The van der Waals surface area contributed by atoms with Gasteiger partial charge in [-0.2, -0.15) is 0 Å². The molecule has 0 bridgehead atoms. The molecular weight excluding hydrogens is 208 g/mol. The summed E-state index contributed by atoms with van der Waals surface area (Å²) in [5.41, 5.74) is 0.400. The Balaban J connectivity index is 1.68. The Labute approximate surface area is 105 Å². The summed E-state index contributed by atoms with van der Waals surface area (Å²) < 4.78 is 0. The van der Waals surface area contributed by atoms with Crippen LogP contribution in [0.25, 0.3) is 0 Å². The molecule has 3 aliphatic rings. The normalized spacial score (nSPS) is 40.2. The molecule has 1 N–H and O–H groups in total. The fourth-order valence-corrected chi connectivity index (χ4v) is 3.63. The Morgan fingerprint density at radius 2 is 2.12 bits per heavy atom. The minimum absolute atomic E-state index is 0.400. The largest absolute Gasteiger partial charge is 0.310 e. The molecule has 96 valence electrons. The van der Waals surface area contributed by atoms with Crippen molar-refractivity contribution in [2.45, 2.75) is 57.0 Å². The van der Waals surface area contributed by atoms with Gasteiger partial charge in [-0.05, 0) is 64.5 Å². The Morgan fingerprint density at radius 1 is 1.24 bits per heavy atom. The Morgan fingerprint density at radius 3 is 2.82 bits per heavy atom. The van der Waals surface area contributed by atoms with Crippen molar-refractivity contribution >= 4 is 0 Å². The summed E-state index contributed by atoms with van der Waals surface area (Å²) in [6.07, 6.45) is 12.9. The van der Waals surface area contributed by atoms with E-state index < -0.39 is 0 Å². The van der Waals surface area contributed by atoms with Gasteiger partial charge in [0.2, 0.25) is 0 Å². The second-order valence-electron chi connectivity index (χ2n) is 6.38. The van der Waals surface area contributed by atoms with Gasteiger partial charge in [0.1, 0.15) is 0 Å². The molecule has 2 unspecified atom stereocenters. The van der Waals surface area contributed by atoms with Crippen LogP contribution in [0.2, 0.25) is 0 Å². The molecular formula is C15H26N2. The number of nitrogens with zero attached hydrogens (tertiary/aromatic N) is 1. The summed E-state index contributed by atoms with van der Waals surface area (Å²) >= 11 is 0. The Kier molecular flexibility index (Phi) is 3.27. The van der Waals surface area contributed by atoms with Crippen molar-refractivity contribution in [1.82, 2.24) is 10.2 Å². The minimum atomic E-state index is 0.400. The topological polar surface area (TPSA) is 15.3 Å². The maximum Gasteiger partial charge on any atom is 0.0308 e. The lowest BCUT2D eigenvalue weighted by molar-refractivity contribution is 0.143. The van der Waals surface area contributed by atoms with Gasteiger partial charge in [0.05, 0.1) is 0 Å². The van der Waals surface area contributed by atoms with Gasteiger partial charge in [-0.3, -0.25) is 4.90 Å². The smallest absolute Gasteiger partial charge is 0.0308 e. The van der Waals surface area contributed by atoms with Gasteiger partial charge >= 0.3 is 0 Å². The zero-order valence-electron chi connectivity index (χ0n) is 11.1. The van der Waals surface area contributed by atoms with E-state index in [0.29, 0.717) is 5.54 Å². The van der Waals surface area contributed by atoms with E-state index >= 15 is 0 Å². The maximum atomic E-state index is 3.83. The van der Waals surface area contributed by atoms with Gasteiger partial charge in [0.15, 0.2) is 0 Å². The third kappa shape index (κ3) is 2.58. The predicted octanol–water partition coefficient (Wildman–Crippen LogP) is 2.56. The van der Waals surface area contributed by atoms with Gasteiger partial charge in [-0.25, -0.2) is 0 Å². The molecule has 0 spiro atoms. The fourth-order valence-electron chi connectivity index (χ4n) is 3.63. The van der Waals surface area contributed by atoms with E-state index in [1.807, 2.05) is 0 Å². The third-order valence-corrected chi connectivity index (χ3v) is 4.92. The summed E-state index contributed by atoms with van der Waals surface area (Å²) in [4.78, 5) is 2.78. The van der Waals surface area contributed by atoms with Gasteiger partial charge in [-0.1, -0.05) is 12.2 Å². The molecule has 2 nitrogen and oxygen atoms in total. The molecule has 0 radical (unpaired) electrons. The lowest BCUT2D eigenvalue weighted by atomic mass is 9.93. The molecule has 2 aliphatic carbocycles. The summed E-state index contributed by atoms with van der Waals surface area (Å²) in [5, 5.41) is 3.83. The van der Waals surface area contributed by atoms with Crippen LogP contribution in [0.3, 0.4) is 0 Å². The summed E-state index contributed by atoms with van der Waals surface area (Å²) in [7, 11) is 0.